The molecule has 28 heavy (non-hydrogen) atoms. The summed E-state index contributed by atoms with van der Waals surface area (Å²) < 4.78 is 2.87. The Balaban J connectivity index is 1.55. The first-order valence-corrected chi connectivity index (χ1v) is 8.84. The van der Waals surface area contributed by atoms with Crippen LogP contribution in [0.2, 0.25) is 0 Å². The van der Waals surface area contributed by atoms with Gasteiger partial charge in [0.2, 0.25) is 5.91 Å². The smallest absolute Gasteiger partial charge is 0.267 e. The third-order valence-corrected chi connectivity index (χ3v) is 3.88. The maximum Gasteiger partial charge on any atom is 0.267 e. The van der Waals surface area contributed by atoms with E-state index in [1.165, 1.54) is 18.3 Å². The molecule has 0 saturated heterocycles. The molecule has 0 spiro atoms. The number of aromatic nitrogens is 6. The summed E-state index contributed by atoms with van der Waals surface area (Å²) in [6, 6.07) is 6.68. The van der Waals surface area contributed by atoms with Crippen LogP contribution in [-0.2, 0) is 11.3 Å². The Bertz CT molecular complexity index is 1040. The predicted molar refractivity (Wildman–Crippen MR) is 103 cm³/mol. The molecule has 146 valence electrons. The Morgan fingerprint density at radius 3 is 2.68 bits per heavy atom. The standard InChI is InChI=1S/C18H22N8O2/c1-12-9-13(2)26(24-12)16-10-15(22-14(3)23-16)19-7-8-20-17(27)11-25-18(28)5-4-6-21-25/h4-6,9-10H,7-8,11H2,1-3H3,(H,20,27)(H,19,22,23). The van der Waals surface area contributed by atoms with Crippen molar-refractivity contribution in [3.05, 3.63) is 58.0 Å². The molecule has 0 bridgehead atoms. The van der Waals surface area contributed by atoms with Crippen LogP contribution in [0.3, 0.4) is 0 Å². The van der Waals surface area contributed by atoms with Gasteiger partial charge in [-0.1, -0.05) is 0 Å². The average Bonchev–Trinajstić information content (AvgIpc) is 2.98. The Hall–Kier alpha value is -3.56. The number of amides is 1. The summed E-state index contributed by atoms with van der Waals surface area (Å²) in [5.74, 6) is 1.65. The van der Waals surface area contributed by atoms with E-state index in [4.69, 9.17) is 0 Å². The van der Waals surface area contributed by atoms with Crippen molar-refractivity contribution in [1.29, 1.82) is 0 Å². The van der Waals surface area contributed by atoms with Crippen LogP contribution in [0.1, 0.15) is 17.2 Å². The van der Waals surface area contributed by atoms with Crippen molar-refractivity contribution >= 4 is 11.7 Å². The largest absolute Gasteiger partial charge is 0.368 e. The van der Waals surface area contributed by atoms with Gasteiger partial charge in [0.1, 0.15) is 18.2 Å². The van der Waals surface area contributed by atoms with Gasteiger partial charge in [0, 0.05) is 37.1 Å². The van der Waals surface area contributed by atoms with Crippen LogP contribution in [0, 0.1) is 20.8 Å². The molecule has 0 aliphatic rings. The second-order valence-corrected chi connectivity index (χ2v) is 6.29. The van der Waals surface area contributed by atoms with Crippen LogP contribution >= 0.6 is 0 Å². The summed E-state index contributed by atoms with van der Waals surface area (Å²) in [5.41, 5.74) is 1.58. The fraction of sp³-hybridized carbons (Fsp3) is 0.333. The van der Waals surface area contributed by atoms with Gasteiger partial charge in [-0.15, -0.1) is 0 Å². The number of hydrogen-bond donors (Lipinski definition) is 2. The molecule has 3 heterocycles. The number of nitrogens with zero attached hydrogens (tertiary/aromatic N) is 6. The number of anilines is 1. The van der Waals surface area contributed by atoms with Crippen molar-refractivity contribution in [3.63, 3.8) is 0 Å². The van der Waals surface area contributed by atoms with Crippen LogP contribution in [0.5, 0.6) is 0 Å². The highest BCUT2D eigenvalue weighted by molar-refractivity contribution is 5.75. The Labute approximate surface area is 161 Å². The minimum Gasteiger partial charge on any atom is -0.368 e. The fourth-order valence-corrected chi connectivity index (χ4v) is 2.70. The maximum atomic E-state index is 11.9. The number of carbonyl (C=O) groups is 1. The monoisotopic (exact) mass is 382 g/mol. The quantitative estimate of drug-likeness (QED) is 0.567. The topological polar surface area (TPSA) is 120 Å². The second kappa shape index (κ2) is 8.42. The lowest BCUT2D eigenvalue weighted by atomic mass is 10.4. The highest BCUT2D eigenvalue weighted by Crippen LogP contribution is 2.13. The summed E-state index contributed by atoms with van der Waals surface area (Å²) in [4.78, 5) is 32.3. The summed E-state index contributed by atoms with van der Waals surface area (Å²) in [7, 11) is 0. The van der Waals surface area contributed by atoms with E-state index >= 15 is 0 Å². The van der Waals surface area contributed by atoms with Crippen LogP contribution in [0.25, 0.3) is 5.82 Å². The normalized spacial score (nSPS) is 10.7. The number of rotatable bonds is 7. The number of nitrogens with one attached hydrogen (secondary N) is 2. The van der Waals surface area contributed by atoms with Crippen LogP contribution in [0.4, 0.5) is 5.82 Å². The van der Waals surface area contributed by atoms with Crippen molar-refractivity contribution in [2.45, 2.75) is 27.3 Å². The molecule has 2 N–H and O–H groups in total. The summed E-state index contributed by atoms with van der Waals surface area (Å²) in [5, 5.41) is 14.2. The molecule has 3 aromatic heterocycles. The second-order valence-electron chi connectivity index (χ2n) is 6.29. The highest BCUT2D eigenvalue weighted by atomic mass is 16.2. The van der Waals surface area contributed by atoms with Crippen molar-refractivity contribution in [2.75, 3.05) is 18.4 Å². The molecule has 3 aromatic rings. The zero-order chi connectivity index (χ0) is 20.1. The van der Waals surface area contributed by atoms with Gasteiger partial charge in [-0.2, -0.15) is 10.2 Å². The summed E-state index contributed by atoms with van der Waals surface area (Å²) in [6.07, 6.45) is 1.47. The molecular weight excluding hydrogens is 360 g/mol. The van der Waals surface area contributed by atoms with Gasteiger partial charge in [-0.05, 0) is 32.9 Å². The molecule has 0 aliphatic heterocycles. The molecule has 0 radical (unpaired) electrons. The van der Waals surface area contributed by atoms with Gasteiger partial charge in [-0.25, -0.2) is 19.3 Å². The van der Waals surface area contributed by atoms with Crippen LogP contribution < -0.4 is 16.2 Å². The van der Waals surface area contributed by atoms with Gasteiger partial charge in [0.15, 0.2) is 5.82 Å². The van der Waals surface area contributed by atoms with E-state index in [2.05, 4.69) is 30.8 Å². The van der Waals surface area contributed by atoms with E-state index in [0.29, 0.717) is 30.5 Å². The summed E-state index contributed by atoms with van der Waals surface area (Å²) >= 11 is 0. The van der Waals surface area contributed by atoms with Crippen LogP contribution in [0.15, 0.2) is 35.3 Å². The number of hydrogen-bond acceptors (Lipinski definition) is 7. The lowest BCUT2D eigenvalue weighted by Gasteiger charge is -2.10. The van der Waals surface area contributed by atoms with E-state index in [1.54, 1.807) is 4.68 Å². The lowest BCUT2D eigenvalue weighted by Crippen LogP contribution is -2.35. The lowest BCUT2D eigenvalue weighted by molar-refractivity contribution is -0.121. The predicted octanol–water partition coefficient (Wildman–Crippen LogP) is 0.373. The van der Waals surface area contributed by atoms with E-state index in [1.807, 2.05) is 32.9 Å². The molecule has 3 rings (SSSR count). The van der Waals surface area contributed by atoms with Gasteiger partial charge in [-0.3, -0.25) is 9.59 Å². The van der Waals surface area contributed by atoms with Gasteiger partial charge >= 0.3 is 0 Å². The molecule has 10 nitrogen and oxygen atoms in total. The first-order chi connectivity index (χ1) is 13.4. The van der Waals surface area contributed by atoms with Crippen molar-refractivity contribution in [2.24, 2.45) is 0 Å². The summed E-state index contributed by atoms with van der Waals surface area (Å²) in [6.45, 7) is 6.43. The zero-order valence-electron chi connectivity index (χ0n) is 16.0. The molecular formula is C18H22N8O2. The number of aryl methyl sites for hydroxylation is 3. The van der Waals surface area contributed by atoms with Crippen molar-refractivity contribution < 1.29 is 4.79 Å². The molecule has 0 fully saturated rings. The zero-order valence-corrected chi connectivity index (χ0v) is 16.0. The van der Waals surface area contributed by atoms with Gasteiger partial charge < -0.3 is 10.6 Å². The molecule has 0 aliphatic carbocycles. The van der Waals surface area contributed by atoms with E-state index < -0.39 is 0 Å². The highest BCUT2D eigenvalue weighted by Gasteiger charge is 2.09. The molecule has 0 atom stereocenters. The first-order valence-electron chi connectivity index (χ1n) is 8.84. The third-order valence-electron chi connectivity index (χ3n) is 3.88. The molecule has 1 amide bonds. The Morgan fingerprint density at radius 2 is 1.96 bits per heavy atom. The fourth-order valence-electron chi connectivity index (χ4n) is 2.70. The minimum absolute atomic E-state index is 0.117. The average molecular weight is 382 g/mol. The Kier molecular flexibility index (Phi) is 5.78. The van der Waals surface area contributed by atoms with Gasteiger partial charge in [0.25, 0.3) is 5.56 Å². The minimum atomic E-state index is -0.316. The van der Waals surface area contributed by atoms with E-state index in [9.17, 15) is 9.59 Å². The molecule has 0 unspecified atom stereocenters. The van der Waals surface area contributed by atoms with E-state index in [-0.39, 0.29) is 18.0 Å². The molecule has 10 heteroatoms. The van der Waals surface area contributed by atoms with Gasteiger partial charge in [0.05, 0.1) is 5.69 Å². The van der Waals surface area contributed by atoms with Crippen molar-refractivity contribution in [3.8, 4) is 5.82 Å². The maximum absolute atomic E-state index is 11.9. The van der Waals surface area contributed by atoms with Crippen molar-refractivity contribution in [1.82, 2.24) is 34.8 Å². The molecule has 0 saturated carbocycles. The third kappa shape index (κ3) is 4.78. The first kappa shape index (κ1) is 19.2. The SMILES string of the molecule is Cc1cc(C)n(-c2cc(NCCNC(=O)Cn3ncccc3=O)nc(C)n2)n1. The molecule has 0 aromatic carbocycles. The Morgan fingerprint density at radius 1 is 1.14 bits per heavy atom. The van der Waals surface area contributed by atoms with Crippen LogP contribution in [-0.4, -0.2) is 48.5 Å². The number of carbonyl (C=O) groups excluding carboxylic acids is 1. The van der Waals surface area contributed by atoms with E-state index in [0.717, 1.165) is 16.1 Å².